The van der Waals surface area contributed by atoms with Crippen molar-refractivity contribution in [2.75, 3.05) is 0 Å². The molecule has 2 rings (SSSR count). The molecule has 1 aromatic carbocycles. The van der Waals surface area contributed by atoms with E-state index in [0.29, 0.717) is 6.54 Å². The first-order chi connectivity index (χ1) is 9.55. The van der Waals surface area contributed by atoms with Gasteiger partial charge in [0, 0.05) is 12.0 Å². The van der Waals surface area contributed by atoms with E-state index in [9.17, 15) is 4.79 Å². The second-order valence-corrected chi connectivity index (χ2v) is 6.26. The van der Waals surface area contributed by atoms with Crippen molar-refractivity contribution in [3.63, 3.8) is 0 Å². The molecule has 3 nitrogen and oxygen atoms in total. The maximum atomic E-state index is 12.5. The number of carbonyl (C=O) groups excluding carboxylic acids is 1. The summed E-state index contributed by atoms with van der Waals surface area (Å²) in [5, 5.41) is 3.17. The van der Waals surface area contributed by atoms with E-state index in [2.05, 4.69) is 24.4 Å². The number of nitrogens with two attached hydrogens (primary N) is 1. The van der Waals surface area contributed by atoms with Crippen LogP contribution in [0.25, 0.3) is 0 Å². The predicted octanol–water partition coefficient (Wildman–Crippen LogP) is 3.29. The summed E-state index contributed by atoms with van der Waals surface area (Å²) in [5.74, 6) is 0.201. The van der Waals surface area contributed by atoms with Crippen molar-refractivity contribution in [2.24, 2.45) is 11.1 Å². The Morgan fingerprint density at radius 3 is 2.40 bits per heavy atom. The van der Waals surface area contributed by atoms with Gasteiger partial charge in [0.25, 0.3) is 0 Å². The van der Waals surface area contributed by atoms with Crippen LogP contribution in [0.3, 0.4) is 0 Å². The van der Waals surface area contributed by atoms with Crippen molar-refractivity contribution >= 4 is 5.91 Å². The molecule has 1 aromatic rings. The molecule has 0 bridgehead atoms. The first kappa shape index (κ1) is 15.0. The molecule has 110 valence electrons. The summed E-state index contributed by atoms with van der Waals surface area (Å²) in [5.41, 5.74) is 7.68. The molecule has 1 aliphatic carbocycles. The summed E-state index contributed by atoms with van der Waals surface area (Å²) in [6, 6.07) is 8.21. The summed E-state index contributed by atoms with van der Waals surface area (Å²) >= 11 is 0. The molecule has 1 aliphatic rings. The first-order valence-corrected chi connectivity index (χ1v) is 7.65. The smallest absolute Gasteiger partial charge is 0.226 e. The highest BCUT2D eigenvalue weighted by atomic mass is 16.2. The highest BCUT2D eigenvalue weighted by molar-refractivity contribution is 5.82. The molecule has 0 aromatic heterocycles. The monoisotopic (exact) mass is 274 g/mol. The van der Waals surface area contributed by atoms with Gasteiger partial charge in [-0.2, -0.15) is 0 Å². The van der Waals surface area contributed by atoms with Gasteiger partial charge in [0.15, 0.2) is 0 Å². The highest BCUT2D eigenvalue weighted by Gasteiger charge is 2.34. The van der Waals surface area contributed by atoms with E-state index in [0.717, 1.165) is 24.0 Å². The van der Waals surface area contributed by atoms with Gasteiger partial charge in [0.1, 0.15) is 0 Å². The molecule has 3 N–H and O–H groups in total. The molecule has 0 radical (unpaired) electrons. The van der Waals surface area contributed by atoms with Gasteiger partial charge >= 0.3 is 0 Å². The molecule has 0 spiro atoms. The molecule has 20 heavy (non-hydrogen) atoms. The molecular weight excluding hydrogens is 248 g/mol. The van der Waals surface area contributed by atoms with E-state index >= 15 is 0 Å². The Kier molecular flexibility index (Phi) is 4.81. The molecule has 0 saturated heterocycles. The van der Waals surface area contributed by atoms with Gasteiger partial charge in [0.05, 0.1) is 6.04 Å². The van der Waals surface area contributed by atoms with Crippen LogP contribution in [0.5, 0.6) is 0 Å². The normalized spacial score (nSPS) is 19.4. The zero-order valence-corrected chi connectivity index (χ0v) is 12.6. The second kappa shape index (κ2) is 6.40. The fourth-order valence-electron chi connectivity index (χ4n) is 2.96. The molecule has 0 heterocycles. The Hall–Kier alpha value is -1.35. The van der Waals surface area contributed by atoms with E-state index in [4.69, 9.17) is 5.73 Å². The number of amides is 1. The van der Waals surface area contributed by atoms with E-state index in [1.807, 2.05) is 19.1 Å². The minimum atomic E-state index is -0.177. The Balaban J connectivity index is 1.99. The summed E-state index contributed by atoms with van der Waals surface area (Å²) in [7, 11) is 0. The van der Waals surface area contributed by atoms with Crippen LogP contribution >= 0.6 is 0 Å². The second-order valence-electron chi connectivity index (χ2n) is 6.26. The maximum absolute atomic E-state index is 12.5. The number of hydrogen-bond acceptors (Lipinski definition) is 2. The summed E-state index contributed by atoms with van der Waals surface area (Å²) in [6.07, 6.45) is 5.63. The molecule has 1 atom stereocenters. The fourth-order valence-corrected chi connectivity index (χ4v) is 2.96. The van der Waals surface area contributed by atoms with Crippen molar-refractivity contribution < 1.29 is 4.79 Å². The van der Waals surface area contributed by atoms with Crippen LogP contribution < -0.4 is 11.1 Å². The lowest BCUT2D eigenvalue weighted by molar-refractivity contribution is -0.132. The average Bonchev–Trinajstić information content (AvgIpc) is 2.48. The van der Waals surface area contributed by atoms with Crippen molar-refractivity contribution in [1.29, 1.82) is 0 Å². The Morgan fingerprint density at radius 2 is 1.85 bits per heavy atom. The highest BCUT2D eigenvalue weighted by Crippen LogP contribution is 2.36. The number of carbonyl (C=O) groups is 1. The van der Waals surface area contributed by atoms with Crippen LogP contribution in [0.1, 0.15) is 63.1 Å². The zero-order valence-electron chi connectivity index (χ0n) is 12.6. The van der Waals surface area contributed by atoms with E-state index in [-0.39, 0.29) is 17.4 Å². The number of nitrogens with one attached hydrogen (secondary N) is 1. The van der Waals surface area contributed by atoms with E-state index in [1.54, 1.807) is 0 Å². The number of rotatable bonds is 4. The summed E-state index contributed by atoms with van der Waals surface area (Å²) in [4.78, 5) is 12.5. The number of hydrogen-bond donors (Lipinski definition) is 2. The van der Waals surface area contributed by atoms with E-state index in [1.165, 1.54) is 19.3 Å². The van der Waals surface area contributed by atoms with Gasteiger partial charge < -0.3 is 11.1 Å². The third-order valence-corrected chi connectivity index (χ3v) is 4.57. The van der Waals surface area contributed by atoms with Gasteiger partial charge in [-0.1, -0.05) is 50.5 Å². The van der Waals surface area contributed by atoms with Gasteiger partial charge in [0.2, 0.25) is 5.91 Å². The largest absolute Gasteiger partial charge is 0.349 e. The maximum Gasteiger partial charge on any atom is 0.226 e. The van der Waals surface area contributed by atoms with Crippen LogP contribution in [-0.4, -0.2) is 5.91 Å². The molecule has 3 heteroatoms. The quantitative estimate of drug-likeness (QED) is 0.885. The lowest BCUT2D eigenvalue weighted by Crippen LogP contribution is -2.41. The lowest BCUT2D eigenvalue weighted by atomic mass is 9.75. The Bertz CT molecular complexity index is 447. The van der Waals surface area contributed by atoms with Crippen LogP contribution in [-0.2, 0) is 11.3 Å². The van der Waals surface area contributed by atoms with E-state index < -0.39 is 0 Å². The van der Waals surface area contributed by atoms with Crippen molar-refractivity contribution in [3.05, 3.63) is 35.4 Å². The first-order valence-electron chi connectivity index (χ1n) is 7.65. The molecule has 0 aliphatic heterocycles. The van der Waals surface area contributed by atoms with Crippen molar-refractivity contribution in [2.45, 2.75) is 58.5 Å². The third-order valence-electron chi connectivity index (χ3n) is 4.57. The third kappa shape index (κ3) is 3.40. The van der Waals surface area contributed by atoms with Crippen LogP contribution in [0, 0.1) is 5.41 Å². The fraction of sp³-hybridized carbons (Fsp3) is 0.588. The molecule has 1 unspecified atom stereocenters. The van der Waals surface area contributed by atoms with Crippen LogP contribution in [0.4, 0.5) is 0 Å². The minimum absolute atomic E-state index is 0.0491. The summed E-state index contributed by atoms with van der Waals surface area (Å²) < 4.78 is 0. The molecule has 1 saturated carbocycles. The molecule has 1 amide bonds. The summed E-state index contributed by atoms with van der Waals surface area (Å²) in [6.45, 7) is 4.70. The molecular formula is C17H26N2O. The Morgan fingerprint density at radius 1 is 1.25 bits per heavy atom. The van der Waals surface area contributed by atoms with Crippen LogP contribution in [0.2, 0.25) is 0 Å². The van der Waals surface area contributed by atoms with Crippen molar-refractivity contribution in [1.82, 2.24) is 5.32 Å². The standard InChI is InChI=1S/C17H26N2O/c1-13(15-8-6-14(12-18)7-9-15)19-16(20)17(2)10-4-3-5-11-17/h6-9,13H,3-5,10-12,18H2,1-2H3,(H,19,20). The number of benzene rings is 1. The molecule has 1 fully saturated rings. The van der Waals surface area contributed by atoms with Gasteiger partial charge in [-0.25, -0.2) is 0 Å². The topological polar surface area (TPSA) is 55.1 Å². The van der Waals surface area contributed by atoms with Gasteiger partial charge in [-0.3, -0.25) is 4.79 Å². The Labute approximate surface area is 121 Å². The minimum Gasteiger partial charge on any atom is -0.349 e. The SMILES string of the molecule is CC(NC(=O)C1(C)CCCCC1)c1ccc(CN)cc1. The van der Waals surface area contributed by atoms with Crippen molar-refractivity contribution in [3.8, 4) is 0 Å². The predicted molar refractivity (Wildman–Crippen MR) is 82.1 cm³/mol. The zero-order chi connectivity index (χ0) is 14.6. The van der Waals surface area contributed by atoms with Gasteiger partial charge in [-0.15, -0.1) is 0 Å². The average molecular weight is 274 g/mol. The lowest BCUT2D eigenvalue weighted by Gasteiger charge is -2.33. The van der Waals surface area contributed by atoms with Crippen LogP contribution in [0.15, 0.2) is 24.3 Å². The van der Waals surface area contributed by atoms with Gasteiger partial charge in [-0.05, 0) is 30.9 Å².